The minimum Gasteiger partial charge on any atom is -0.399 e. The standard InChI is InChI=1S/C13H17N3O2/c14-10-3-5-11(6-4-10)15-12(17)7-9-16-8-1-2-13(16)18/h3-6H,1-2,7-9,14H2,(H,15,17). The summed E-state index contributed by atoms with van der Waals surface area (Å²) in [6.07, 6.45) is 1.84. The average molecular weight is 247 g/mol. The van der Waals surface area contributed by atoms with Gasteiger partial charge in [0.25, 0.3) is 0 Å². The Labute approximate surface area is 106 Å². The van der Waals surface area contributed by atoms with Crippen molar-refractivity contribution in [2.45, 2.75) is 19.3 Å². The van der Waals surface area contributed by atoms with Gasteiger partial charge in [-0.3, -0.25) is 9.59 Å². The summed E-state index contributed by atoms with van der Waals surface area (Å²) in [6.45, 7) is 1.27. The van der Waals surface area contributed by atoms with Crippen molar-refractivity contribution < 1.29 is 9.59 Å². The summed E-state index contributed by atoms with van der Waals surface area (Å²) in [6, 6.07) is 6.99. The number of nitrogens with one attached hydrogen (secondary N) is 1. The van der Waals surface area contributed by atoms with Crippen LogP contribution in [0.2, 0.25) is 0 Å². The van der Waals surface area contributed by atoms with Gasteiger partial charge in [0.05, 0.1) is 0 Å². The van der Waals surface area contributed by atoms with Crippen LogP contribution in [0.4, 0.5) is 11.4 Å². The van der Waals surface area contributed by atoms with Crippen LogP contribution in [0.3, 0.4) is 0 Å². The van der Waals surface area contributed by atoms with E-state index in [4.69, 9.17) is 5.73 Å². The highest BCUT2D eigenvalue weighted by Gasteiger charge is 2.20. The zero-order valence-corrected chi connectivity index (χ0v) is 10.2. The van der Waals surface area contributed by atoms with Gasteiger partial charge in [0.2, 0.25) is 11.8 Å². The number of carbonyl (C=O) groups excluding carboxylic acids is 2. The number of carbonyl (C=O) groups is 2. The second-order valence-electron chi connectivity index (χ2n) is 4.40. The molecule has 1 saturated heterocycles. The van der Waals surface area contributed by atoms with Crippen molar-refractivity contribution in [3.05, 3.63) is 24.3 Å². The van der Waals surface area contributed by atoms with E-state index in [0.29, 0.717) is 25.1 Å². The van der Waals surface area contributed by atoms with Crippen LogP contribution in [0.1, 0.15) is 19.3 Å². The Morgan fingerprint density at radius 2 is 2.06 bits per heavy atom. The smallest absolute Gasteiger partial charge is 0.226 e. The number of amides is 2. The van der Waals surface area contributed by atoms with E-state index < -0.39 is 0 Å². The molecule has 1 aliphatic heterocycles. The first kappa shape index (κ1) is 12.4. The van der Waals surface area contributed by atoms with E-state index in [9.17, 15) is 9.59 Å². The Bertz CT molecular complexity index is 442. The highest BCUT2D eigenvalue weighted by atomic mass is 16.2. The number of anilines is 2. The Kier molecular flexibility index (Phi) is 3.82. The molecule has 1 aromatic rings. The molecular weight excluding hydrogens is 230 g/mol. The Morgan fingerprint density at radius 1 is 1.33 bits per heavy atom. The van der Waals surface area contributed by atoms with Crippen LogP contribution in [0.5, 0.6) is 0 Å². The van der Waals surface area contributed by atoms with Gasteiger partial charge >= 0.3 is 0 Å². The summed E-state index contributed by atoms with van der Waals surface area (Å²) < 4.78 is 0. The number of benzene rings is 1. The Balaban J connectivity index is 1.78. The summed E-state index contributed by atoms with van der Waals surface area (Å²) in [7, 11) is 0. The van der Waals surface area contributed by atoms with Crippen LogP contribution in [0.25, 0.3) is 0 Å². The minimum absolute atomic E-state index is 0.0838. The molecular formula is C13H17N3O2. The molecule has 0 unspecified atom stereocenters. The van der Waals surface area contributed by atoms with Crippen molar-refractivity contribution in [2.24, 2.45) is 0 Å². The number of hydrogen-bond acceptors (Lipinski definition) is 3. The molecule has 96 valence electrons. The lowest BCUT2D eigenvalue weighted by atomic mass is 10.2. The average Bonchev–Trinajstić information content (AvgIpc) is 2.75. The fourth-order valence-corrected chi connectivity index (χ4v) is 1.97. The summed E-state index contributed by atoms with van der Waals surface area (Å²) in [5, 5.41) is 2.78. The second-order valence-corrected chi connectivity index (χ2v) is 4.40. The van der Waals surface area contributed by atoms with Crippen molar-refractivity contribution in [1.29, 1.82) is 0 Å². The van der Waals surface area contributed by atoms with Gasteiger partial charge < -0.3 is 16.0 Å². The molecule has 0 spiro atoms. The van der Waals surface area contributed by atoms with E-state index in [-0.39, 0.29) is 11.8 Å². The summed E-state index contributed by atoms with van der Waals surface area (Å²) in [4.78, 5) is 24.8. The van der Waals surface area contributed by atoms with Crippen molar-refractivity contribution in [1.82, 2.24) is 4.90 Å². The number of nitrogen functional groups attached to an aromatic ring is 1. The highest BCUT2D eigenvalue weighted by molar-refractivity contribution is 5.91. The molecule has 0 atom stereocenters. The first-order valence-corrected chi connectivity index (χ1v) is 6.08. The summed E-state index contributed by atoms with van der Waals surface area (Å²) >= 11 is 0. The second kappa shape index (κ2) is 5.53. The van der Waals surface area contributed by atoms with E-state index in [1.165, 1.54) is 0 Å². The lowest BCUT2D eigenvalue weighted by molar-refractivity contribution is -0.128. The Hall–Kier alpha value is -2.04. The van der Waals surface area contributed by atoms with Crippen LogP contribution < -0.4 is 11.1 Å². The van der Waals surface area contributed by atoms with E-state index in [1.807, 2.05) is 0 Å². The molecule has 0 aromatic heterocycles. The van der Waals surface area contributed by atoms with Gasteiger partial charge in [-0.2, -0.15) is 0 Å². The molecule has 1 aromatic carbocycles. The van der Waals surface area contributed by atoms with Gasteiger partial charge in [-0.1, -0.05) is 0 Å². The van der Waals surface area contributed by atoms with Gasteiger partial charge in [0.15, 0.2) is 0 Å². The van der Waals surface area contributed by atoms with Crippen LogP contribution in [-0.4, -0.2) is 29.8 Å². The lowest BCUT2D eigenvalue weighted by Gasteiger charge is -2.14. The van der Waals surface area contributed by atoms with Gasteiger partial charge in [0.1, 0.15) is 0 Å². The summed E-state index contributed by atoms with van der Waals surface area (Å²) in [5.41, 5.74) is 6.94. The molecule has 0 saturated carbocycles. The zero-order valence-electron chi connectivity index (χ0n) is 10.2. The van der Waals surface area contributed by atoms with E-state index in [1.54, 1.807) is 29.2 Å². The molecule has 3 N–H and O–H groups in total. The third-order valence-electron chi connectivity index (χ3n) is 2.97. The first-order chi connectivity index (χ1) is 8.65. The topological polar surface area (TPSA) is 75.4 Å². The molecule has 1 fully saturated rings. The molecule has 2 rings (SSSR count). The van der Waals surface area contributed by atoms with Crippen LogP contribution in [0.15, 0.2) is 24.3 Å². The lowest BCUT2D eigenvalue weighted by Crippen LogP contribution is -2.28. The number of nitrogens with zero attached hydrogens (tertiary/aromatic N) is 1. The highest BCUT2D eigenvalue weighted by Crippen LogP contribution is 2.12. The van der Waals surface area contributed by atoms with Crippen molar-refractivity contribution in [3.8, 4) is 0 Å². The fraction of sp³-hybridized carbons (Fsp3) is 0.385. The van der Waals surface area contributed by atoms with Gasteiger partial charge in [-0.15, -0.1) is 0 Å². The quantitative estimate of drug-likeness (QED) is 0.785. The van der Waals surface area contributed by atoms with Crippen molar-refractivity contribution in [2.75, 3.05) is 24.1 Å². The minimum atomic E-state index is -0.0838. The zero-order chi connectivity index (χ0) is 13.0. The largest absolute Gasteiger partial charge is 0.399 e. The number of nitrogens with two attached hydrogens (primary N) is 1. The maximum atomic E-state index is 11.7. The SMILES string of the molecule is Nc1ccc(NC(=O)CCN2CCCC2=O)cc1. The molecule has 18 heavy (non-hydrogen) atoms. The molecule has 2 amide bonds. The molecule has 5 nitrogen and oxygen atoms in total. The Morgan fingerprint density at radius 3 is 2.67 bits per heavy atom. The van der Waals surface area contributed by atoms with Gasteiger partial charge in [-0.25, -0.2) is 0 Å². The van der Waals surface area contributed by atoms with E-state index in [0.717, 1.165) is 18.7 Å². The van der Waals surface area contributed by atoms with Crippen LogP contribution >= 0.6 is 0 Å². The molecule has 1 aliphatic rings. The fourth-order valence-electron chi connectivity index (χ4n) is 1.97. The van der Waals surface area contributed by atoms with Crippen molar-refractivity contribution >= 4 is 23.2 Å². The predicted molar refractivity (Wildman–Crippen MR) is 69.9 cm³/mol. The number of rotatable bonds is 4. The van der Waals surface area contributed by atoms with Crippen molar-refractivity contribution in [3.63, 3.8) is 0 Å². The molecule has 0 aliphatic carbocycles. The third kappa shape index (κ3) is 3.23. The molecule has 0 bridgehead atoms. The van der Waals surface area contributed by atoms with Crippen LogP contribution in [-0.2, 0) is 9.59 Å². The number of likely N-dealkylation sites (tertiary alicyclic amines) is 1. The number of hydrogen-bond donors (Lipinski definition) is 2. The van der Waals surface area contributed by atoms with Gasteiger partial charge in [-0.05, 0) is 30.7 Å². The maximum absolute atomic E-state index is 11.7. The van der Waals surface area contributed by atoms with E-state index >= 15 is 0 Å². The maximum Gasteiger partial charge on any atom is 0.226 e. The first-order valence-electron chi connectivity index (χ1n) is 6.08. The third-order valence-corrected chi connectivity index (χ3v) is 2.97. The normalized spacial score (nSPS) is 14.9. The summed E-state index contributed by atoms with van der Waals surface area (Å²) in [5.74, 6) is 0.0646. The molecule has 1 heterocycles. The molecule has 0 radical (unpaired) electrons. The van der Waals surface area contributed by atoms with E-state index in [2.05, 4.69) is 5.32 Å². The van der Waals surface area contributed by atoms with Gasteiger partial charge in [0, 0.05) is 37.3 Å². The monoisotopic (exact) mass is 247 g/mol. The predicted octanol–water partition coefficient (Wildman–Crippen LogP) is 1.22. The van der Waals surface area contributed by atoms with Crippen LogP contribution in [0, 0.1) is 0 Å². The molecule has 5 heteroatoms.